The van der Waals surface area contributed by atoms with Gasteiger partial charge in [0.2, 0.25) is 5.75 Å². The third kappa shape index (κ3) is 3.92. The minimum absolute atomic E-state index is 0.0483. The largest absolute Gasteiger partial charge is 0.492 e. The molecule has 6 nitrogen and oxygen atoms in total. The van der Waals surface area contributed by atoms with Crippen molar-refractivity contribution in [2.24, 2.45) is 0 Å². The molecule has 1 rings (SSSR count). The lowest BCUT2D eigenvalue weighted by Gasteiger charge is -2.08. The predicted octanol–water partition coefficient (Wildman–Crippen LogP) is 1.59. The molecule has 0 spiro atoms. The number of hydrogen-bond acceptors (Lipinski definition) is 5. The van der Waals surface area contributed by atoms with Crippen LogP contribution in [0, 0.1) is 10.1 Å². The van der Waals surface area contributed by atoms with Crippen LogP contribution < -0.4 is 14.8 Å². The molecule has 1 N–H and O–H groups in total. The van der Waals surface area contributed by atoms with E-state index in [0.717, 1.165) is 0 Å². The molecule has 0 bridgehead atoms. The van der Waals surface area contributed by atoms with E-state index in [9.17, 15) is 10.1 Å². The number of rotatable bonds is 7. The average molecular weight is 240 g/mol. The molecule has 0 aromatic heterocycles. The van der Waals surface area contributed by atoms with E-state index in [2.05, 4.69) is 5.32 Å². The second-order valence-electron chi connectivity index (χ2n) is 3.27. The van der Waals surface area contributed by atoms with Crippen LogP contribution >= 0.6 is 0 Å². The van der Waals surface area contributed by atoms with Gasteiger partial charge in [0.25, 0.3) is 0 Å². The van der Waals surface area contributed by atoms with E-state index >= 15 is 0 Å². The van der Waals surface area contributed by atoms with Crippen LogP contribution in [0.25, 0.3) is 0 Å². The van der Waals surface area contributed by atoms with Gasteiger partial charge in [-0.2, -0.15) is 0 Å². The topological polar surface area (TPSA) is 73.6 Å². The van der Waals surface area contributed by atoms with Crippen LogP contribution in [0.3, 0.4) is 0 Å². The minimum Gasteiger partial charge on any atom is -0.492 e. The number of likely N-dealkylation sites (N-methyl/N-ethyl adjacent to an activating group) is 1. The lowest BCUT2D eigenvalue weighted by atomic mass is 10.3. The summed E-state index contributed by atoms with van der Waals surface area (Å²) in [5.41, 5.74) is -0.0483. The highest BCUT2D eigenvalue weighted by atomic mass is 16.6. The average Bonchev–Trinajstić information content (AvgIpc) is 2.30. The van der Waals surface area contributed by atoms with Gasteiger partial charge in [-0.25, -0.2) is 0 Å². The quantitative estimate of drug-likeness (QED) is 0.445. The first-order valence-corrected chi connectivity index (χ1v) is 5.37. The zero-order valence-electron chi connectivity index (χ0n) is 9.93. The second kappa shape index (κ2) is 6.70. The SMILES string of the molecule is CCOc1cc(OCCNC)ccc1[N+](=O)[O-]. The molecule has 0 heterocycles. The fraction of sp³-hybridized carbons (Fsp3) is 0.455. The Kier molecular flexibility index (Phi) is 5.22. The lowest BCUT2D eigenvalue weighted by molar-refractivity contribution is -0.385. The smallest absolute Gasteiger partial charge is 0.311 e. The van der Waals surface area contributed by atoms with E-state index in [0.29, 0.717) is 25.5 Å². The first-order chi connectivity index (χ1) is 8.19. The van der Waals surface area contributed by atoms with E-state index in [1.807, 2.05) is 7.05 Å². The standard InChI is InChI=1S/C11H16N2O4/c1-3-16-11-8-9(17-7-6-12-2)4-5-10(11)13(14)15/h4-5,8,12H,3,6-7H2,1-2H3. The molecule has 0 amide bonds. The van der Waals surface area contributed by atoms with E-state index in [4.69, 9.17) is 9.47 Å². The van der Waals surface area contributed by atoms with Gasteiger partial charge in [-0.15, -0.1) is 0 Å². The Labute approximate surface area is 99.7 Å². The molecule has 0 atom stereocenters. The van der Waals surface area contributed by atoms with Crippen LogP contribution in [-0.4, -0.2) is 31.7 Å². The highest BCUT2D eigenvalue weighted by molar-refractivity contribution is 5.50. The van der Waals surface area contributed by atoms with Gasteiger partial charge in [-0.05, 0) is 20.0 Å². The number of nitrogens with one attached hydrogen (secondary N) is 1. The van der Waals surface area contributed by atoms with Crippen LogP contribution in [0.2, 0.25) is 0 Å². The van der Waals surface area contributed by atoms with E-state index < -0.39 is 4.92 Å². The first kappa shape index (κ1) is 13.2. The maximum atomic E-state index is 10.7. The van der Waals surface area contributed by atoms with Crippen molar-refractivity contribution in [1.82, 2.24) is 5.32 Å². The van der Waals surface area contributed by atoms with Crippen LogP contribution in [0.4, 0.5) is 5.69 Å². The molecule has 1 aromatic rings. The molecular weight excluding hydrogens is 224 g/mol. The maximum absolute atomic E-state index is 10.7. The van der Waals surface area contributed by atoms with Gasteiger partial charge in [0.05, 0.1) is 11.5 Å². The number of nitrogens with zero attached hydrogens (tertiary/aromatic N) is 1. The Morgan fingerprint density at radius 1 is 1.41 bits per heavy atom. The van der Waals surface area contributed by atoms with Gasteiger partial charge in [-0.3, -0.25) is 10.1 Å². The fourth-order valence-corrected chi connectivity index (χ4v) is 1.28. The Bertz CT molecular complexity index is 382. The fourth-order valence-electron chi connectivity index (χ4n) is 1.28. The number of hydrogen-bond donors (Lipinski definition) is 1. The first-order valence-electron chi connectivity index (χ1n) is 5.37. The molecule has 17 heavy (non-hydrogen) atoms. The maximum Gasteiger partial charge on any atom is 0.311 e. The molecule has 1 aromatic carbocycles. The summed E-state index contributed by atoms with van der Waals surface area (Å²) in [5, 5.41) is 13.7. The number of benzene rings is 1. The van der Waals surface area contributed by atoms with Gasteiger partial charge in [0.15, 0.2) is 0 Å². The molecule has 0 saturated carbocycles. The van der Waals surface area contributed by atoms with Gasteiger partial charge < -0.3 is 14.8 Å². The summed E-state index contributed by atoms with van der Waals surface area (Å²) < 4.78 is 10.6. The van der Waals surface area contributed by atoms with Crippen molar-refractivity contribution in [1.29, 1.82) is 0 Å². The summed E-state index contributed by atoms with van der Waals surface area (Å²) in [6.45, 7) is 3.36. The van der Waals surface area contributed by atoms with E-state index in [1.54, 1.807) is 13.0 Å². The zero-order valence-corrected chi connectivity index (χ0v) is 9.93. The van der Waals surface area contributed by atoms with Crippen LogP contribution in [0.5, 0.6) is 11.5 Å². The van der Waals surface area contributed by atoms with Crippen molar-refractivity contribution in [3.63, 3.8) is 0 Å². The van der Waals surface area contributed by atoms with Gasteiger partial charge >= 0.3 is 5.69 Å². The third-order valence-electron chi connectivity index (χ3n) is 2.05. The lowest BCUT2D eigenvalue weighted by Crippen LogP contribution is -2.15. The molecule has 0 radical (unpaired) electrons. The highest BCUT2D eigenvalue weighted by Crippen LogP contribution is 2.31. The Hall–Kier alpha value is -1.82. The normalized spacial score (nSPS) is 10.0. The molecule has 94 valence electrons. The highest BCUT2D eigenvalue weighted by Gasteiger charge is 2.15. The molecule has 0 saturated heterocycles. The van der Waals surface area contributed by atoms with Crippen molar-refractivity contribution < 1.29 is 14.4 Å². The summed E-state index contributed by atoms with van der Waals surface area (Å²) >= 11 is 0. The molecule has 0 unspecified atom stereocenters. The monoisotopic (exact) mass is 240 g/mol. The summed E-state index contributed by atoms with van der Waals surface area (Å²) in [4.78, 5) is 10.3. The molecule has 0 aliphatic rings. The molecular formula is C11H16N2O4. The number of ether oxygens (including phenoxy) is 2. The molecule has 6 heteroatoms. The zero-order chi connectivity index (χ0) is 12.7. The van der Waals surface area contributed by atoms with Crippen LogP contribution in [0.1, 0.15) is 6.92 Å². The summed E-state index contributed by atoms with van der Waals surface area (Å²) in [6, 6.07) is 4.49. The Morgan fingerprint density at radius 2 is 2.18 bits per heavy atom. The van der Waals surface area contributed by atoms with Crippen molar-refractivity contribution in [2.75, 3.05) is 26.8 Å². The van der Waals surface area contributed by atoms with Gasteiger partial charge in [0.1, 0.15) is 12.4 Å². The molecule has 0 aliphatic heterocycles. The van der Waals surface area contributed by atoms with Gasteiger partial charge in [0, 0.05) is 18.7 Å². The number of nitro benzene ring substituents is 1. The summed E-state index contributed by atoms with van der Waals surface area (Å²) in [7, 11) is 1.82. The van der Waals surface area contributed by atoms with E-state index in [-0.39, 0.29) is 11.4 Å². The summed E-state index contributed by atoms with van der Waals surface area (Å²) in [6.07, 6.45) is 0. The number of nitro groups is 1. The van der Waals surface area contributed by atoms with Crippen LogP contribution in [-0.2, 0) is 0 Å². The third-order valence-corrected chi connectivity index (χ3v) is 2.05. The van der Waals surface area contributed by atoms with E-state index in [1.165, 1.54) is 12.1 Å². The Morgan fingerprint density at radius 3 is 2.76 bits per heavy atom. The van der Waals surface area contributed by atoms with Crippen LogP contribution in [0.15, 0.2) is 18.2 Å². The van der Waals surface area contributed by atoms with Gasteiger partial charge in [-0.1, -0.05) is 0 Å². The minimum atomic E-state index is -0.470. The van der Waals surface area contributed by atoms with Crippen molar-refractivity contribution in [3.05, 3.63) is 28.3 Å². The summed E-state index contributed by atoms with van der Waals surface area (Å²) in [5.74, 6) is 0.800. The second-order valence-corrected chi connectivity index (χ2v) is 3.27. The van der Waals surface area contributed by atoms with Crippen molar-refractivity contribution in [2.45, 2.75) is 6.92 Å². The van der Waals surface area contributed by atoms with Crippen molar-refractivity contribution in [3.8, 4) is 11.5 Å². The molecule has 0 fully saturated rings. The Balaban J connectivity index is 2.81. The molecule has 0 aliphatic carbocycles. The predicted molar refractivity (Wildman–Crippen MR) is 63.7 cm³/mol. The van der Waals surface area contributed by atoms with Crippen molar-refractivity contribution >= 4 is 5.69 Å².